The Kier molecular flexibility index (Phi) is 5.82. The molecule has 0 bridgehead atoms. The molecule has 0 aliphatic rings. The zero-order chi connectivity index (χ0) is 13.5. The number of benzene rings is 1. The quantitative estimate of drug-likeness (QED) is 0.774. The molecule has 0 saturated heterocycles. The van der Waals surface area contributed by atoms with Crippen molar-refractivity contribution in [1.82, 2.24) is 10.3 Å². The van der Waals surface area contributed by atoms with Crippen LogP contribution in [0.3, 0.4) is 0 Å². The second-order valence-corrected chi connectivity index (χ2v) is 5.83. The Hall–Kier alpha value is -0.910. The average Bonchev–Trinajstić information content (AvgIpc) is 2.91. The molecule has 102 valence electrons. The fourth-order valence-electron chi connectivity index (χ4n) is 1.69. The molecular weight excluding hydrogens is 324 g/mol. The van der Waals surface area contributed by atoms with Gasteiger partial charge in [0.1, 0.15) is 12.4 Å². The maximum Gasteiger partial charge on any atom is 0.131 e. The van der Waals surface area contributed by atoms with Crippen LogP contribution in [-0.2, 0) is 13.2 Å². The molecule has 0 amide bonds. The van der Waals surface area contributed by atoms with E-state index in [9.17, 15) is 0 Å². The van der Waals surface area contributed by atoms with E-state index in [1.807, 2.05) is 23.0 Å². The van der Waals surface area contributed by atoms with E-state index in [0.717, 1.165) is 41.0 Å². The smallest absolute Gasteiger partial charge is 0.131 e. The molecule has 1 aromatic carbocycles. The first kappa shape index (κ1) is 14.5. The van der Waals surface area contributed by atoms with Crippen molar-refractivity contribution < 1.29 is 4.74 Å². The lowest BCUT2D eigenvalue weighted by atomic mass is 10.2. The Morgan fingerprint density at radius 1 is 1.42 bits per heavy atom. The third-order valence-corrected chi connectivity index (χ3v) is 3.75. The van der Waals surface area contributed by atoms with Crippen LogP contribution in [-0.4, -0.2) is 11.5 Å². The molecule has 0 unspecified atom stereocenters. The first-order valence-electron chi connectivity index (χ1n) is 6.28. The normalized spacial score (nSPS) is 10.6. The van der Waals surface area contributed by atoms with Crippen LogP contribution < -0.4 is 10.1 Å². The molecule has 0 fully saturated rings. The summed E-state index contributed by atoms with van der Waals surface area (Å²) in [6, 6.07) is 6.10. The summed E-state index contributed by atoms with van der Waals surface area (Å²) in [7, 11) is 0. The highest BCUT2D eigenvalue weighted by Crippen LogP contribution is 2.24. The number of nitrogens with zero attached hydrogens (tertiary/aromatic N) is 1. The van der Waals surface area contributed by atoms with E-state index in [1.54, 1.807) is 11.3 Å². The predicted octanol–water partition coefficient (Wildman–Crippen LogP) is 3.98. The summed E-state index contributed by atoms with van der Waals surface area (Å²) in [6.45, 7) is 4.51. The molecule has 0 saturated carbocycles. The molecule has 0 aliphatic heterocycles. The summed E-state index contributed by atoms with van der Waals surface area (Å²) in [4.78, 5) is 4.22. The van der Waals surface area contributed by atoms with Crippen LogP contribution in [0.4, 0.5) is 0 Å². The van der Waals surface area contributed by atoms with Gasteiger partial charge in [0.05, 0.1) is 11.2 Å². The summed E-state index contributed by atoms with van der Waals surface area (Å²) < 4.78 is 6.92. The highest BCUT2D eigenvalue weighted by Gasteiger charge is 2.05. The Balaban J connectivity index is 2.01. The summed E-state index contributed by atoms with van der Waals surface area (Å²) in [5.74, 6) is 0.916. The van der Waals surface area contributed by atoms with Gasteiger partial charge in [0, 0.05) is 22.0 Å². The highest BCUT2D eigenvalue weighted by atomic mass is 79.9. The Bertz CT molecular complexity index is 502. The summed E-state index contributed by atoms with van der Waals surface area (Å²) >= 11 is 5.09. The number of halogens is 1. The van der Waals surface area contributed by atoms with Crippen LogP contribution in [0, 0.1) is 0 Å². The van der Waals surface area contributed by atoms with Crippen LogP contribution in [0.15, 0.2) is 33.6 Å². The summed E-state index contributed by atoms with van der Waals surface area (Å²) in [5.41, 5.74) is 3.96. The number of thiazole rings is 1. The summed E-state index contributed by atoms with van der Waals surface area (Å²) in [5, 5.41) is 5.41. The molecule has 3 nitrogen and oxygen atoms in total. The minimum atomic E-state index is 0.520. The monoisotopic (exact) mass is 340 g/mol. The van der Waals surface area contributed by atoms with Gasteiger partial charge >= 0.3 is 0 Å². The molecule has 5 heteroatoms. The summed E-state index contributed by atoms with van der Waals surface area (Å²) in [6.07, 6.45) is 1.13. The maximum atomic E-state index is 5.85. The van der Waals surface area contributed by atoms with Gasteiger partial charge in [-0.2, -0.15) is 0 Å². The van der Waals surface area contributed by atoms with Gasteiger partial charge in [0.15, 0.2) is 0 Å². The highest BCUT2D eigenvalue weighted by molar-refractivity contribution is 9.10. The first-order chi connectivity index (χ1) is 9.29. The van der Waals surface area contributed by atoms with E-state index in [-0.39, 0.29) is 0 Å². The topological polar surface area (TPSA) is 34.1 Å². The fraction of sp³-hybridized carbons (Fsp3) is 0.357. The van der Waals surface area contributed by atoms with Crippen molar-refractivity contribution in [2.24, 2.45) is 0 Å². The van der Waals surface area contributed by atoms with Crippen LogP contribution in [0.2, 0.25) is 0 Å². The predicted molar refractivity (Wildman–Crippen MR) is 82.6 cm³/mol. The van der Waals surface area contributed by atoms with Crippen LogP contribution in [0.1, 0.15) is 24.6 Å². The van der Waals surface area contributed by atoms with Gasteiger partial charge in [-0.15, -0.1) is 11.3 Å². The molecule has 2 rings (SSSR count). The van der Waals surface area contributed by atoms with Gasteiger partial charge in [-0.05, 0) is 31.2 Å². The Labute approximate surface area is 126 Å². The van der Waals surface area contributed by atoms with Gasteiger partial charge in [0.25, 0.3) is 0 Å². The lowest BCUT2D eigenvalue weighted by Crippen LogP contribution is -2.14. The van der Waals surface area contributed by atoms with Crippen molar-refractivity contribution in [2.75, 3.05) is 6.54 Å². The van der Waals surface area contributed by atoms with Gasteiger partial charge < -0.3 is 10.1 Å². The second kappa shape index (κ2) is 7.62. The molecule has 1 aromatic heterocycles. The van der Waals surface area contributed by atoms with Crippen molar-refractivity contribution in [3.63, 3.8) is 0 Å². The van der Waals surface area contributed by atoms with Crippen LogP contribution in [0.25, 0.3) is 0 Å². The third kappa shape index (κ3) is 4.60. The zero-order valence-electron chi connectivity index (χ0n) is 10.9. The standard InChI is InChI=1S/C14H17BrN2OS/c1-2-5-16-7-11-6-12(15)3-4-14(11)18-8-13-9-19-10-17-13/h3-4,6,9-10,16H,2,5,7-8H2,1H3. The molecule has 1 N–H and O–H groups in total. The molecule has 19 heavy (non-hydrogen) atoms. The molecule has 1 heterocycles. The van der Waals surface area contributed by atoms with Crippen molar-refractivity contribution in [2.45, 2.75) is 26.5 Å². The first-order valence-corrected chi connectivity index (χ1v) is 8.02. The van der Waals surface area contributed by atoms with Gasteiger partial charge in [-0.3, -0.25) is 0 Å². The molecule has 0 radical (unpaired) electrons. The van der Waals surface area contributed by atoms with Crippen LogP contribution >= 0.6 is 27.3 Å². The van der Waals surface area contributed by atoms with Crippen molar-refractivity contribution >= 4 is 27.3 Å². The Morgan fingerprint density at radius 3 is 3.05 bits per heavy atom. The van der Waals surface area contributed by atoms with E-state index in [0.29, 0.717) is 6.61 Å². The van der Waals surface area contributed by atoms with E-state index in [4.69, 9.17) is 4.74 Å². The number of ether oxygens (including phenoxy) is 1. The second-order valence-electron chi connectivity index (χ2n) is 4.20. The van der Waals surface area contributed by atoms with E-state index in [2.05, 4.69) is 39.2 Å². The fourth-order valence-corrected chi connectivity index (χ4v) is 2.64. The number of rotatable bonds is 7. The minimum Gasteiger partial charge on any atom is -0.487 e. The lowest BCUT2D eigenvalue weighted by Gasteiger charge is -2.12. The Morgan fingerprint density at radius 2 is 2.32 bits per heavy atom. The van der Waals surface area contributed by atoms with Crippen molar-refractivity contribution in [3.8, 4) is 5.75 Å². The van der Waals surface area contributed by atoms with Crippen LogP contribution in [0.5, 0.6) is 5.75 Å². The third-order valence-electron chi connectivity index (χ3n) is 2.62. The van der Waals surface area contributed by atoms with E-state index < -0.39 is 0 Å². The van der Waals surface area contributed by atoms with Gasteiger partial charge in [-0.25, -0.2) is 4.98 Å². The number of hydrogen-bond acceptors (Lipinski definition) is 4. The van der Waals surface area contributed by atoms with Gasteiger partial charge in [-0.1, -0.05) is 22.9 Å². The molecular formula is C14H17BrN2OS. The number of aromatic nitrogens is 1. The van der Waals surface area contributed by atoms with E-state index >= 15 is 0 Å². The maximum absolute atomic E-state index is 5.85. The largest absolute Gasteiger partial charge is 0.487 e. The van der Waals surface area contributed by atoms with Crippen molar-refractivity contribution in [1.29, 1.82) is 0 Å². The number of hydrogen-bond donors (Lipinski definition) is 1. The minimum absolute atomic E-state index is 0.520. The number of nitrogens with one attached hydrogen (secondary N) is 1. The SMILES string of the molecule is CCCNCc1cc(Br)ccc1OCc1cscn1. The lowest BCUT2D eigenvalue weighted by molar-refractivity contribution is 0.298. The van der Waals surface area contributed by atoms with E-state index in [1.165, 1.54) is 0 Å². The van der Waals surface area contributed by atoms with Crippen molar-refractivity contribution in [3.05, 3.63) is 44.8 Å². The molecule has 0 atom stereocenters. The van der Waals surface area contributed by atoms with Gasteiger partial charge in [0.2, 0.25) is 0 Å². The molecule has 0 spiro atoms. The molecule has 0 aliphatic carbocycles. The molecule has 2 aromatic rings. The zero-order valence-corrected chi connectivity index (χ0v) is 13.3. The average molecular weight is 341 g/mol.